The van der Waals surface area contributed by atoms with Crippen molar-refractivity contribution in [2.24, 2.45) is 5.92 Å². The number of anilines is 1. The standard InChI is InChI=1S/C21H22ClN6O2/c1-12-6-15(8-18(12)29)26-21-16(9-23-11-24-21)20(30)17-7-13(2)28(27-17)10-14-4-3-5-19(22)25-14/h3-5,7,9,11-12,15,18,29H,1,6,8,10H2,2H3,(H,23,24,26)/t12-,15-,18+/m1/s1. The molecule has 1 fully saturated rings. The molecule has 1 radical (unpaired) electrons. The smallest absolute Gasteiger partial charge is 0.218 e. The molecule has 0 amide bonds. The third-order valence-corrected chi connectivity index (χ3v) is 5.46. The van der Waals surface area contributed by atoms with Crippen LogP contribution in [-0.4, -0.2) is 47.8 Å². The van der Waals surface area contributed by atoms with Gasteiger partial charge in [0.15, 0.2) is 0 Å². The zero-order valence-corrected chi connectivity index (χ0v) is 17.3. The summed E-state index contributed by atoms with van der Waals surface area (Å²) in [5, 5.41) is 18.1. The van der Waals surface area contributed by atoms with Crippen molar-refractivity contribution in [3.8, 4) is 0 Å². The van der Waals surface area contributed by atoms with Crippen LogP contribution in [0.15, 0.2) is 36.8 Å². The molecule has 9 heteroatoms. The fourth-order valence-corrected chi connectivity index (χ4v) is 3.82. The van der Waals surface area contributed by atoms with Crippen molar-refractivity contribution in [3.05, 3.63) is 71.5 Å². The van der Waals surface area contributed by atoms with E-state index in [1.807, 2.05) is 19.1 Å². The predicted molar refractivity (Wildman–Crippen MR) is 112 cm³/mol. The maximum absolute atomic E-state index is 13.1. The predicted octanol–water partition coefficient (Wildman–Crippen LogP) is 2.69. The molecule has 30 heavy (non-hydrogen) atoms. The fourth-order valence-electron chi connectivity index (χ4n) is 3.64. The van der Waals surface area contributed by atoms with E-state index in [-0.39, 0.29) is 17.7 Å². The molecule has 1 aliphatic rings. The number of rotatable bonds is 6. The van der Waals surface area contributed by atoms with Crippen LogP contribution in [0, 0.1) is 19.8 Å². The number of carbonyl (C=O) groups is 1. The minimum absolute atomic E-state index is 0.00264. The summed E-state index contributed by atoms with van der Waals surface area (Å²) >= 11 is 5.96. The maximum atomic E-state index is 13.1. The van der Waals surface area contributed by atoms with Crippen LogP contribution in [0.5, 0.6) is 0 Å². The Morgan fingerprint density at radius 1 is 1.40 bits per heavy atom. The van der Waals surface area contributed by atoms with Crippen molar-refractivity contribution < 1.29 is 9.90 Å². The fraction of sp³-hybridized carbons (Fsp3) is 0.333. The second-order valence-electron chi connectivity index (χ2n) is 7.53. The van der Waals surface area contributed by atoms with Crippen molar-refractivity contribution in [2.45, 2.75) is 38.5 Å². The Bertz CT molecular complexity index is 1060. The van der Waals surface area contributed by atoms with Gasteiger partial charge in [0.25, 0.3) is 0 Å². The second-order valence-corrected chi connectivity index (χ2v) is 7.92. The first kappa shape index (κ1) is 20.4. The molecule has 3 aromatic rings. The molecule has 8 nitrogen and oxygen atoms in total. The van der Waals surface area contributed by atoms with Gasteiger partial charge in [-0.3, -0.25) is 9.48 Å². The lowest BCUT2D eigenvalue weighted by Gasteiger charge is -2.14. The number of pyridine rings is 1. The molecule has 1 aliphatic carbocycles. The number of aliphatic hydroxyl groups excluding tert-OH is 1. The lowest BCUT2D eigenvalue weighted by Crippen LogP contribution is -2.20. The highest BCUT2D eigenvalue weighted by atomic mass is 35.5. The van der Waals surface area contributed by atoms with Gasteiger partial charge in [-0.25, -0.2) is 15.0 Å². The molecule has 155 valence electrons. The largest absolute Gasteiger partial charge is 0.393 e. The van der Waals surface area contributed by atoms with Gasteiger partial charge in [0.2, 0.25) is 5.78 Å². The van der Waals surface area contributed by atoms with E-state index in [4.69, 9.17) is 11.6 Å². The summed E-state index contributed by atoms with van der Waals surface area (Å²) in [6.07, 6.45) is 3.69. The van der Waals surface area contributed by atoms with Crippen LogP contribution in [-0.2, 0) is 6.54 Å². The first-order chi connectivity index (χ1) is 14.4. The highest BCUT2D eigenvalue weighted by Gasteiger charge is 2.31. The van der Waals surface area contributed by atoms with Crippen LogP contribution in [0.2, 0.25) is 5.15 Å². The van der Waals surface area contributed by atoms with Gasteiger partial charge in [0.1, 0.15) is 23.0 Å². The summed E-state index contributed by atoms with van der Waals surface area (Å²) in [6, 6.07) is 7.12. The van der Waals surface area contributed by atoms with Gasteiger partial charge < -0.3 is 10.4 Å². The van der Waals surface area contributed by atoms with Crippen LogP contribution in [0.1, 0.15) is 40.3 Å². The van der Waals surface area contributed by atoms with Crippen molar-refractivity contribution in [3.63, 3.8) is 0 Å². The van der Waals surface area contributed by atoms with E-state index >= 15 is 0 Å². The van der Waals surface area contributed by atoms with E-state index in [0.717, 1.165) is 11.4 Å². The topological polar surface area (TPSA) is 106 Å². The van der Waals surface area contributed by atoms with E-state index in [9.17, 15) is 9.90 Å². The number of nitrogens with zero attached hydrogens (tertiary/aromatic N) is 5. The Balaban J connectivity index is 1.55. The van der Waals surface area contributed by atoms with E-state index in [1.165, 1.54) is 12.5 Å². The Morgan fingerprint density at radius 3 is 2.97 bits per heavy atom. The Morgan fingerprint density at radius 2 is 2.23 bits per heavy atom. The number of ketones is 1. The van der Waals surface area contributed by atoms with Gasteiger partial charge in [-0.15, -0.1) is 0 Å². The highest BCUT2D eigenvalue weighted by molar-refractivity contribution is 6.29. The Kier molecular flexibility index (Phi) is 5.78. The number of halogens is 1. The lowest BCUT2D eigenvalue weighted by molar-refractivity contribution is 0.103. The van der Waals surface area contributed by atoms with Gasteiger partial charge in [-0.05, 0) is 50.8 Å². The zero-order chi connectivity index (χ0) is 21.3. The van der Waals surface area contributed by atoms with Crippen molar-refractivity contribution in [1.29, 1.82) is 0 Å². The minimum Gasteiger partial charge on any atom is -0.393 e. The quantitative estimate of drug-likeness (QED) is 0.462. The first-order valence-corrected chi connectivity index (χ1v) is 10.1. The van der Waals surface area contributed by atoms with Crippen molar-refractivity contribution in [1.82, 2.24) is 24.7 Å². The van der Waals surface area contributed by atoms with Crippen molar-refractivity contribution >= 4 is 23.2 Å². The lowest BCUT2D eigenvalue weighted by atomic mass is 10.1. The second kappa shape index (κ2) is 8.49. The van der Waals surface area contributed by atoms with Crippen LogP contribution >= 0.6 is 11.6 Å². The van der Waals surface area contributed by atoms with E-state index in [1.54, 1.807) is 16.8 Å². The van der Waals surface area contributed by atoms with Crippen LogP contribution in [0.3, 0.4) is 0 Å². The van der Waals surface area contributed by atoms with Gasteiger partial charge in [0.05, 0.1) is 23.9 Å². The molecule has 0 aromatic carbocycles. The molecule has 1 saturated carbocycles. The monoisotopic (exact) mass is 425 g/mol. The molecule has 4 rings (SSSR count). The maximum Gasteiger partial charge on any atom is 0.218 e. The normalized spacial score (nSPS) is 21.0. The molecule has 0 bridgehead atoms. The van der Waals surface area contributed by atoms with Gasteiger partial charge in [-0.2, -0.15) is 5.10 Å². The van der Waals surface area contributed by atoms with Gasteiger partial charge in [-0.1, -0.05) is 17.7 Å². The van der Waals surface area contributed by atoms with Gasteiger partial charge >= 0.3 is 0 Å². The number of aliphatic hydroxyl groups is 1. The molecule has 3 heterocycles. The molecular weight excluding hydrogens is 404 g/mol. The molecule has 3 aromatic heterocycles. The Hall–Kier alpha value is -2.84. The molecule has 2 N–H and O–H groups in total. The summed E-state index contributed by atoms with van der Waals surface area (Å²) < 4.78 is 1.71. The Labute approximate surface area is 179 Å². The highest BCUT2D eigenvalue weighted by Crippen LogP contribution is 2.28. The minimum atomic E-state index is -0.457. The number of hydrogen-bond acceptors (Lipinski definition) is 7. The summed E-state index contributed by atoms with van der Waals surface area (Å²) in [7, 11) is 0. The zero-order valence-electron chi connectivity index (χ0n) is 16.5. The molecule has 0 unspecified atom stereocenters. The summed E-state index contributed by atoms with van der Waals surface area (Å²) in [4.78, 5) is 25.7. The van der Waals surface area contributed by atoms with Crippen LogP contribution in [0.25, 0.3) is 0 Å². The molecule has 0 spiro atoms. The summed E-state index contributed by atoms with van der Waals surface area (Å²) in [5.41, 5.74) is 2.21. The van der Waals surface area contributed by atoms with E-state index in [0.29, 0.717) is 41.6 Å². The molecular formula is C21H22ClN6O2. The van der Waals surface area contributed by atoms with E-state index < -0.39 is 6.10 Å². The molecule has 3 atom stereocenters. The average Bonchev–Trinajstić information content (AvgIpc) is 3.23. The molecule has 0 aliphatic heterocycles. The van der Waals surface area contributed by atoms with Crippen LogP contribution in [0.4, 0.5) is 5.82 Å². The third-order valence-electron chi connectivity index (χ3n) is 5.25. The van der Waals surface area contributed by atoms with Gasteiger partial charge in [0, 0.05) is 17.9 Å². The van der Waals surface area contributed by atoms with Crippen molar-refractivity contribution in [2.75, 3.05) is 5.32 Å². The average molecular weight is 426 g/mol. The number of aryl methyl sites for hydroxylation is 1. The first-order valence-electron chi connectivity index (χ1n) is 9.69. The molecule has 0 saturated heterocycles. The third kappa shape index (κ3) is 4.34. The summed E-state index contributed by atoms with van der Waals surface area (Å²) in [5.74, 6) is 0.121. The number of hydrogen-bond donors (Lipinski definition) is 2. The van der Waals surface area contributed by atoms with E-state index in [2.05, 4.69) is 32.3 Å². The number of nitrogens with one attached hydrogen (secondary N) is 1. The van der Waals surface area contributed by atoms with Crippen LogP contribution < -0.4 is 5.32 Å². The number of aromatic nitrogens is 5. The SMILES string of the molecule is [CH2][C@@H]1C[C@@H](Nc2ncncc2C(=O)c2cc(C)n(Cc3cccc(Cl)n3)n2)C[C@@H]1O. The number of carbonyl (C=O) groups excluding carboxylic acids is 1. The summed E-state index contributed by atoms with van der Waals surface area (Å²) in [6.45, 7) is 6.23.